The van der Waals surface area contributed by atoms with Crippen LogP contribution in [0.1, 0.15) is 0 Å². The lowest BCUT2D eigenvalue weighted by atomic mass is 9.97. The Morgan fingerprint density at radius 2 is 1.38 bits per heavy atom. The molecule has 1 aromatic rings. The molecular formula is C18H25NO13. The number of benzene rings is 1. The second kappa shape index (κ2) is 10.3. The van der Waals surface area contributed by atoms with Crippen LogP contribution < -0.4 is 4.74 Å². The van der Waals surface area contributed by atoms with Gasteiger partial charge in [0, 0.05) is 12.1 Å². The molecule has 0 amide bonds. The summed E-state index contributed by atoms with van der Waals surface area (Å²) in [6, 6.07) is 4.83. The maximum atomic E-state index is 10.7. The number of ether oxygens (including phenoxy) is 4. The molecule has 2 aliphatic rings. The molecule has 2 aliphatic heterocycles. The first kappa shape index (κ1) is 24.7. The minimum Gasteiger partial charge on any atom is -0.462 e. The molecule has 14 heteroatoms. The highest BCUT2D eigenvalue weighted by molar-refractivity contribution is 5.36. The largest absolute Gasteiger partial charge is 0.462 e. The summed E-state index contributed by atoms with van der Waals surface area (Å²) in [4.78, 5) is 10.1. The van der Waals surface area contributed by atoms with Crippen molar-refractivity contribution in [3.05, 3.63) is 34.4 Å². The topological polar surface area (TPSA) is 222 Å². The summed E-state index contributed by atoms with van der Waals surface area (Å²) >= 11 is 0. The molecule has 0 aliphatic carbocycles. The molecule has 0 bridgehead atoms. The maximum absolute atomic E-state index is 10.7. The Hall–Kier alpha value is -1.98. The lowest BCUT2D eigenvalue weighted by molar-refractivity contribution is -0.384. The van der Waals surface area contributed by atoms with Gasteiger partial charge in [-0.15, -0.1) is 0 Å². The fourth-order valence-corrected chi connectivity index (χ4v) is 3.43. The molecular weight excluding hydrogens is 438 g/mol. The third-order valence-corrected chi connectivity index (χ3v) is 5.26. The number of hydrogen-bond donors (Lipinski definition) is 7. The highest BCUT2D eigenvalue weighted by Crippen LogP contribution is 2.30. The predicted molar refractivity (Wildman–Crippen MR) is 100 cm³/mol. The Morgan fingerprint density at radius 3 is 1.94 bits per heavy atom. The highest BCUT2D eigenvalue weighted by atomic mass is 16.7. The van der Waals surface area contributed by atoms with Crippen molar-refractivity contribution in [2.24, 2.45) is 0 Å². The Bertz CT molecular complexity index is 760. The van der Waals surface area contributed by atoms with Gasteiger partial charge in [-0.25, -0.2) is 0 Å². The number of nitro groups is 1. The predicted octanol–water partition coefficient (Wildman–Crippen LogP) is -3.40. The van der Waals surface area contributed by atoms with E-state index in [1.807, 2.05) is 0 Å². The number of rotatable bonds is 7. The normalized spacial score (nSPS) is 40.1. The van der Waals surface area contributed by atoms with E-state index in [1.165, 1.54) is 12.1 Å². The molecule has 32 heavy (non-hydrogen) atoms. The van der Waals surface area contributed by atoms with Gasteiger partial charge in [-0.05, 0) is 12.1 Å². The Kier molecular flexibility index (Phi) is 7.94. The van der Waals surface area contributed by atoms with Crippen molar-refractivity contribution in [3.63, 3.8) is 0 Å². The summed E-state index contributed by atoms with van der Waals surface area (Å²) in [5.74, 6) is 0.0804. The van der Waals surface area contributed by atoms with Crippen LogP contribution in [0.4, 0.5) is 5.69 Å². The summed E-state index contributed by atoms with van der Waals surface area (Å²) in [6.45, 7) is -1.42. The van der Waals surface area contributed by atoms with Gasteiger partial charge in [0.05, 0.1) is 18.1 Å². The van der Waals surface area contributed by atoms with Crippen LogP contribution in [0.5, 0.6) is 5.75 Å². The van der Waals surface area contributed by atoms with Gasteiger partial charge < -0.3 is 54.7 Å². The van der Waals surface area contributed by atoms with Gasteiger partial charge >= 0.3 is 0 Å². The molecule has 0 unspecified atom stereocenters. The van der Waals surface area contributed by atoms with Crippen LogP contribution in [0, 0.1) is 10.1 Å². The summed E-state index contributed by atoms with van der Waals surface area (Å²) in [6.07, 6.45) is -15.7. The third-order valence-electron chi connectivity index (χ3n) is 5.26. The van der Waals surface area contributed by atoms with Crippen molar-refractivity contribution in [1.82, 2.24) is 0 Å². The number of nitro benzene ring substituents is 1. The first-order chi connectivity index (χ1) is 15.2. The zero-order valence-corrected chi connectivity index (χ0v) is 16.5. The standard InChI is InChI=1S/C18H25NO13/c20-5-9-11(22)12(23)14(25)18(30-9)32-16-10(6-21)31-17(15(26)13(16)24)29-8-3-1-7(2-4-8)19(27)28/h1-4,9-18,20-26H,5-6H2/t9-,10-,11+,12+,13-,14-,15-,16-,17+,18-/m1/s1. The minimum absolute atomic E-state index is 0.0804. The Morgan fingerprint density at radius 1 is 0.812 bits per heavy atom. The smallest absolute Gasteiger partial charge is 0.269 e. The number of aliphatic hydroxyl groups is 7. The first-order valence-corrected chi connectivity index (χ1v) is 9.67. The van der Waals surface area contributed by atoms with Crippen molar-refractivity contribution in [2.45, 2.75) is 61.4 Å². The average Bonchev–Trinajstić information content (AvgIpc) is 2.79. The fraction of sp³-hybridized carbons (Fsp3) is 0.667. The van der Waals surface area contributed by atoms with E-state index in [1.54, 1.807) is 0 Å². The molecule has 10 atom stereocenters. The minimum atomic E-state index is -1.77. The van der Waals surface area contributed by atoms with E-state index in [0.717, 1.165) is 12.1 Å². The van der Waals surface area contributed by atoms with Crippen LogP contribution in [-0.2, 0) is 14.2 Å². The average molecular weight is 463 g/mol. The second-order valence-electron chi connectivity index (χ2n) is 7.37. The van der Waals surface area contributed by atoms with Gasteiger partial charge in [-0.3, -0.25) is 10.1 Å². The molecule has 7 N–H and O–H groups in total. The fourth-order valence-electron chi connectivity index (χ4n) is 3.43. The molecule has 0 spiro atoms. The summed E-state index contributed by atoms with van der Waals surface area (Å²) in [5.41, 5.74) is -0.191. The molecule has 3 rings (SSSR count). The van der Waals surface area contributed by atoms with Gasteiger partial charge in [0.15, 0.2) is 6.29 Å². The third kappa shape index (κ3) is 4.99. The van der Waals surface area contributed by atoms with Crippen LogP contribution in [-0.4, -0.2) is 115 Å². The lowest BCUT2D eigenvalue weighted by Gasteiger charge is -2.45. The van der Waals surface area contributed by atoms with Crippen molar-refractivity contribution < 1.29 is 59.6 Å². The molecule has 2 fully saturated rings. The lowest BCUT2D eigenvalue weighted by Crippen LogP contribution is -2.65. The van der Waals surface area contributed by atoms with E-state index in [4.69, 9.17) is 18.9 Å². The molecule has 0 saturated carbocycles. The molecule has 0 radical (unpaired) electrons. The van der Waals surface area contributed by atoms with E-state index in [0.29, 0.717) is 0 Å². The zero-order valence-electron chi connectivity index (χ0n) is 16.5. The van der Waals surface area contributed by atoms with E-state index >= 15 is 0 Å². The van der Waals surface area contributed by atoms with Crippen LogP contribution in [0.15, 0.2) is 24.3 Å². The second-order valence-corrected chi connectivity index (χ2v) is 7.37. The van der Waals surface area contributed by atoms with Gasteiger partial charge in [0.1, 0.15) is 54.6 Å². The van der Waals surface area contributed by atoms with E-state index in [-0.39, 0.29) is 11.4 Å². The monoisotopic (exact) mass is 463 g/mol. The number of non-ortho nitro benzene ring substituents is 1. The summed E-state index contributed by atoms with van der Waals surface area (Å²) in [7, 11) is 0. The van der Waals surface area contributed by atoms with Crippen molar-refractivity contribution >= 4 is 5.69 Å². The van der Waals surface area contributed by atoms with Crippen molar-refractivity contribution in [3.8, 4) is 5.75 Å². The summed E-state index contributed by atoms with van der Waals surface area (Å²) < 4.78 is 21.5. The van der Waals surface area contributed by atoms with Gasteiger partial charge in [0.2, 0.25) is 6.29 Å². The molecule has 0 aromatic heterocycles. The molecule has 2 heterocycles. The molecule has 180 valence electrons. The quantitative estimate of drug-likeness (QED) is 0.155. The van der Waals surface area contributed by atoms with Crippen molar-refractivity contribution in [1.29, 1.82) is 0 Å². The SMILES string of the molecule is O=[N+]([O-])c1ccc(O[C@H]2O[C@H](CO)[C@@H](O[C@H]3O[C@H](CO)[C@H](O)[C@H](O)[C@H]3O)[C@H](O)[C@H]2O)cc1. The molecule has 1 aromatic carbocycles. The van der Waals surface area contributed by atoms with Crippen LogP contribution in [0.3, 0.4) is 0 Å². The van der Waals surface area contributed by atoms with E-state index < -0.39 is 79.5 Å². The van der Waals surface area contributed by atoms with Gasteiger partial charge in [-0.1, -0.05) is 0 Å². The Labute approximate surface area is 180 Å². The van der Waals surface area contributed by atoms with Crippen molar-refractivity contribution in [2.75, 3.05) is 13.2 Å². The van der Waals surface area contributed by atoms with Gasteiger partial charge in [-0.2, -0.15) is 0 Å². The number of aliphatic hydroxyl groups excluding tert-OH is 7. The van der Waals surface area contributed by atoms with Crippen LogP contribution in [0.2, 0.25) is 0 Å². The number of hydrogen-bond acceptors (Lipinski definition) is 13. The number of nitrogens with zero attached hydrogens (tertiary/aromatic N) is 1. The maximum Gasteiger partial charge on any atom is 0.269 e. The zero-order chi connectivity index (χ0) is 23.6. The van der Waals surface area contributed by atoms with Crippen LogP contribution in [0.25, 0.3) is 0 Å². The van der Waals surface area contributed by atoms with E-state index in [2.05, 4.69) is 0 Å². The van der Waals surface area contributed by atoms with Gasteiger partial charge in [0.25, 0.3) is 5.69 Å². The molecule has 2 saturated heterocycles. The Balaban J connectivity index is 1.70. The van der Waals surface area contributed by atoms with Crippen LogP contribution >= 0.6 is 0 Å². The summed E-state index contributed by atoms with van der Waals surface area (Å²) in [5, 5.41) is 80.4. The van der Waals surface area contributed by atoms with E-state index in [9.17, 15) is 45.9 Å². The molecule has 14 nitrogen and oxygen atoms in total. The first-order valence-electron chi connectivity index (χ1n) is 9.67. The highest BCUT2D eigenvalue weighted by Gasteiger charge is 2.51.